The molecule has 7 atom stereocenters. The van der Waals surface area contributed by atoms with Crippen molar-refractivity contribution in [2.24, 2.45) is 5.92 Å². The van der Waals surface area contributed by atoms with E-state index in [1.165, 1.54) is 0 Å². The number of hydrogen-bond donors (Lipinski definition) is 4. The number of nitrogens with zero attached hydrogens (tertiary/aromatic N) is 1. The lowest BCUT2D eigenvalue weighted by atomic mass is 9.65. The molecule has 4 N–H and O–H groups in total. The van der Waals surface area contributed by atoms with E-state index >= 15 is 14.4 Å². The molecule has 2 fully saturated rings. The van der Waals surface area contributed by atoms with E-state index in [0.29, 0.717) is 33.7 Å². The van der Waals surface area contributed by atoms with Gasteiger partial charge in [0.1, 0.15) is 29.9 Å². The highest BCUT2D eigenvalue weighted by Crippen LogP contribution is 2.64. The molecule has 9 rings (SSSR count). The Hall–Kier alpha value is -6.51. The van der Waals surface area contributed by atoms with E-state index in [1.54, 1.807) is 24.3 Å². The quantitative estimate of drug-likeness (QED) is 0.0872. The number of aliphatic hydroxyl groups is 2. The van der Waals surface area contributed by atoms with E-state index in [4.69, 9.17) is 9.47 Å². The van der Waals surface area contributed by atoms with Gasteiger partial charge in [-0.2, -0.15) is 0 Å². The van der Waals surface area contributed by atoms with Gasteiger partial charge >= 0.3 is 5.97 Å². The number of benzene rings is 5. The molecule has 0 radical (unpaired) electrons. The summed E-state index contributed by atoms with van der Waals surface area (Å²) in [5, 5.41) is 26.9. The summed E-state index contributed by atoms with van der Waals surface area (Å²) in [5.74, 6) is 4.22. The van der Waals surface area contributed by atoms with E-state index in [9.17, 15) is 10.2 Å². The summed E-state index contributed by atoms with van der Waals surface area (Å²) in [5.41, 5.74) is 3.95. The second kappa shape index (κ2) is 17.2. The highest BCUT2D eigenvalue weighted by Gasteiger charge is 2.74. The van der Waals surface area contributed by atoms with Crippen LogP contribution in [0.4, 0.5) is 5.69 Å². The number of fused-ring (bicyclic) bond motifs is 3. The minimum absolute atomic E-state index is 0.0924. The minimum Gasteiger partial charge on any atom is -0.491 e. The largest absolute Gasteiger partial charge is 0.491 e. The molecule has 1 spiro atoms. The summed E-state index contributed by atoms with van der Waals surface area (Å²) in [6.07, 6.45) is 4.41. The highest BCUT2D eigenvalue weighted by atomic mass is 16.6. The van der Waals surface area contributed by atoms with Crippen LogP contribution >= 0.6 is 0 Å². The van der Waals surface area contributed by atoms with Crippen LogP contribution in [0.15, 0.2) is 145 Å². The average molecular weight is 814 g/mol. The monoisotopic (exact) mass is 813 g/mol. The van der Waals surface area contributed by atoms with Crippen LogP contribution in [0.1, 0.15) is 83.4 Å². The summed E-state index contributed by atoms with van der Waals surface area (Å²) in [6.45, 7) is -0.238. The number of cyclic esters (lactones) is 1. The molecule has 0 saturated carbocycles. The molecule has 5 aromatic rings. The first-order chi connectivity index (χ1) is 29.9. The Morgan fingerprint density at radius 1 is 0.852 bits per heavy atom. The number of nitrogens with one attached hydrogen (secondary N) is 2. The normalized spacial score (nSPS) is 24.6. The lowest BCUT2D eigenvalue weighted by molar-refractivity contribution is -0.178. The summed E-state index contributed by atoms with van der Waals surface area (Å²) < 4.78 is 12.3. The van der Waals surface area contributed by atoms with Crippen molar-refractivity contribution in [1.82, 2.24) is 10.2 Å². The Morgan fingerprint density at radius 2 is 1.56 bits per heavy atom. The molecule has 0 bridgehead atoms. The van der Waals surface area contributed by atoms with Crippen molar-refractivity contribution in [3.63, 3.8) is 0 Å². The van der Waals surface area contributed by atoms with Gasteiger partial charge in [0.15, 0.2) is 0 Å². The van der Waals surface area contributed by atoms with Crippen molar-refractivity contribution in [2.75, 3.05) is 25.1 Å². The number of carbonyl (C=O) groups excluding carboxylic acids is 3. The standard InChI is InChI=1S/C51H47N3O7/c55-29-30-60-39-26-24-38(25-27-39)47-51(40-31-34(23-28-41(40)53-50(51)59)22-21-33-13-5-1-6-14-33)43(48(57)52-32-42(56)35-15-7-2-8-16-35)45-49(58)61-46(37-19-11-4-12-20-37)44(54(45)47)36-17-9-3-10-18-36/h2-4,7-13,15-20,23-28,31,42-47,55-56H,1,5-6,14,29-30,32H2,(H,52,57)(H,53,59)/t42-,43+,44+,45+,46-,47-,51+/m0/s1. The maximum atomic E-state index is 15.5. The molecule has 5 aromatic carbocycles. The lowest BCUT2D eigenvalue weighted by Crippen LogP contribution is -2.55. The van der Waals surface area contributed by atoms with Gasteiger partial charge in [-0.25, -0.2) is 0 Å². The van der Waals surface area contributed by atoms with Crippen LogP contribution in [0.5, 0.6) is 5.75 Å². The zero-order valence-corrected chi connectivity index (χ0v) is 33.6. The zero-order chi connectivity index (χ0) is 41.9. The third kappa shape index (κ3) is 7.39. The third-order valence-electron chi connectivity index (χ3n) is 12.5. The van der Waals surface area contributed by atoms with Gasteiger partial charge in [-0.15, -0.1) is 0 Å². The molecule has 1 aliphatic carbocycles. The van der Waals surface area contributed by atoms with Crippen molar-refractivity contribution in [3.8, 4) is 17.6 Å². The summed E-state index contributed by atoms with van der Waals surface area (Å²) in [4.78, 5) is 47.9. The summed E-state index contributed by atoms with van der Waals surface area (Å²) in [7, 11) is 0. The number of aliphatic hydroxyl groups excluding tert-OH is 2. The van der Waals surface area contributed by atoms with Gasteiger partial charge in [0, 0.05) is 17.8 Å². The molecule has 2 amide bonds. The minimum atomic E-state index is -1.71. The molecule has 3 heterocycles. The van der Waals surface area contributed by atoms with Gasteiger partial charge in [0.25, 0.3) is 0 Å². The molecule has 2 saturated heterocycles. The van der Waals surface area contributed by atoms with Gasteiger partial charge in [-0.1, -0.05) is 121 Å². The first-order valence-corrected chi connectivity index (χ1v) is 21.0. The lowest BCUT2D eigenvalue weighted by Gasteiger charge is -2.46. The fraction of sp³-hybridized carbons (Fsp3) is 0.275. The third-order valence-corrected chi connectivity index (χ3v) is 12.5. The number of hydrogen-bond acceptors (Lipinski definition) is 8. The molecule has 0 aromatic heterocycles. The fourth-order valence-corrected chi connectivity index (χ4v) is 9.79. The van der Waals surface area contributed by atoms with Crippen molar-refractivity contribution in [2.45, 2.75) is 61.4 Å². The maximum absolute atomic E-state index is 15.5. The SMILES string of the molecule is O=C1O[C@@H](c2ccccc2)[C@@H](c2ccccc2)N2[C@@H](c3ccc(OCCO)cc3)[C@]3(C(=O)Nc4ccc(C#CC5=CCCCC5)cc43)[C@@H](C(=O)NC[C@H](O)c3ccccc3)[C@H]12. The Labute approximate surface area is 355 Å². The van der Waals surface area contributed by atoms with E-state index in [-0.39, 0.29) is 19.8 Å². The number of anilines is 1. The number of esters is 1. The summed E-state index contributed by atoms with van der Waals surface area (Å²) in [6, 6.07) is 38.3. The molecule has 308 valence electrons. The summed E-state index contributed by atoms with van der Waals surface area (Å²) >= 11 is 0. The molecule has 3 aliphatic heterocycles. The number of ether oxygens (including phenoxy) is 2. The van der Waals surface area contributed by atoms with Crippen LogP contribution in [0.25, 0.3) is 0 Å². The Morgan fingerprint density at radius 3 is 2.25 bits per heavy atom. The molecule has 10 nitrogen and oxygen atoms in total. The maximum Gasteiger partial charge on any atom is 0.324 e. The Bertz CT molecular complexity index is 2500. The molecule has 0 unspecified atom stereocenters. The van der Waals surface area contributed by atoms with E-state index in [0.717, 1.165) is 42.4 Å². The Kier molecular flexibility index (Phi) is 11.3. The van der Waals surface area contributed by atoms with E-state index < -0.39 is 59.5 Å². The number of amides is 2. The number of allylic oxidation sites excluding steroid dienone is 2. The second-order valence-corrected chi connectivity index (χ2v) is 16.0. The van der Waals surface area contributed by atoms with E-state index in [2.05, 4.69) is 28.6 Å². The van der Waals surface area contributed by atoms with Gasteiger partial charge in [-0.05, 0) is 89.4 Å². The first-order valence-electron chi connectivity index (χ1n) is 21.0. The van der Waals surface area contributed by atoms with Gasteiger partial charge in [-0.3, -0.25) is 19.3 Å². The van der Waals surface area contributed by atoms with Gasteiger partial charge < -0.3 is 30.3 Å². The van der Waals surface area contributed by atoms with Crippen molar-refractivity contribution >= 4 is 23.5 Å². The smallest absolute Gasteiger partial charge is 0.324 e. The second-order valence-electron chi connectivity index (χ2n) is 16.0. The molecular weight excluding hydrogens is 767 g/mol. The van der Waals surface area contributed by atoms with Crippen molar-refractivity contribution in [1.29, 1.82) is 0 Å². The van der Waals surface area contributed by atoms with Crippen LogP contribution in [-0.2, 0) is 24.5 Å². The molecule has 61 heavy (non-hydrogen) atoms. The van der Waals surface area contributed by atoms with Crippen molar-refractivity contribution < 1.29 is 34.1 Å². The van der Waals surface area contributed by atoms with Gasteiger partial charge in [0.2, 0.25) is 11.8 Å². The number of rotatable bonds is 10. The first kappa shape index (κ1) is 39.9. The molecule has 10 heteroatoms. The van der Waals surface area contributed by atoms with Crippen LogP contribution in [0.3, 0.4) is 0 Å². The molecular formula is C51H47N3O7. The van der Waals surface area contributed by atoms with Crippen LogP contribution in [0, 0.1) is 17.8 Å². The topological polar surface area (TPSA) is 137 Å². The average Bonchev–Trinajstić information content (AvgIpc) is 3.79. The fourth-order valence-electron chi connectivity index (χ4n) is 9.79. The van der Waals surface area contributed by atoms with Gasteiger partial charge in [0.05, 0.1) is 30.7 Å². The van der Waals surface area contributed by atoms with Crippen LogP contribution in [-0.4, -0.2) is 58.7 Å². The number of morpholine rings is 1. The predicted octanol–water partition coefficient (Wildman–Crippen LogP) is 7.03. The number of carbonyl (C=O) groups is 3. The van der Waals surface area contributed by atoms with Crippen LogP contribution < -0.4 is 15.4 Å². The Balaban J connectivity index is 1.27. The highest BCUT2D eigenvalue weighted by molar-refractivity contribution is 6.12. The van der Waals surface area contributed by atoms with Crippen molar-refractivity contribution in [3.05, 3.63) is 178 Å². The predicted molar refractivity (Wildman–Crippen MR) is 230 cm³/mol. The molecule has 4 aliphatic rings. The zero-order valence-electron chi connectivity index (χ0n) is 33.6. The van der Waals surface area contributed by atoms with Crippen LogP contribution in [0.2, 0.25) is 0 Å². The van der Waals surface area contributed by atoms with E-state index in [1.807, 2.05) is 114 Å².